The Labute approximate surface area is 219 Å². The van der Waals surface area contributed by atoms with Crippen LogP contribution in [0.2, 0.25) is 0 Å². The van der Waals surface area contributed by atoms with Crippen molar-refractivity contribution >= 4 is 12.0 Å². The molecule has 1 heterocycles. The number of benzene rings is 3. The highest BCUT2D eigenvalue weighted by atomic mass is 16.5. The van der Waals surface area contributed by atoms with E-state index in [1.54, 1.807) is 0 Å². The lowest BCUT2D eigenvalue weighted by Crippen LogP contribution is -2.48. The van der Waals surface area contributed by atoms with E-state index in [2.05, 4.69) is 64.1 Å². The van der Waals surface area contributed by atoms with Crippen molar-refractivity contribution in [2.24, 2.45) is 5.92 Å². The Balaban J connectivity index is 1.18. The van der Waals surface area contributed by atoms with Crippen molar-refractivity contribution in [3.63, 3.8) is 0 Å². The molecular weight excluding hydrogens is 462 g/mol. The second-order valence-corrected chi connectivity index (χ2v) is 10.1. The van der Waals surface area contributed by atoms with Crippen LogP contribution in [0.3, 0.4) is 0 Å². The molecular formula is C31H35N3O3. The zero-order chi connectivity index (χ0) is 25.5. The lowest BCUT2D eigenvalue weighted by Gasteiger charge is -2.30. The monoisotopic (exact) mass is 497 g/mol. The van der Waals surface area contributed by atoms with Crippen LogP contribution in [0.25, 0.3) is 0 Å². The quantitative estimate of drug-likeness (QED) is 0.449. The van der Waals surface area contributed by atoms with Crippen molar-refractivity contribution in [1.82, 2.24) is 15.5 Å². The average molecular weight is 498 g/mol. The number of alkyl carbamates (subject to hydrolysis) is 1. The molecule has 1 aliphatic heterocycles. The smallest absolute Gasteiger partial charge is 0.407 e. The molecule has 2 fully saturated rings. The van der Waals surface area contributed by atoms with Crippen molar-refractivity contribution < 1.29 is 14.3 Å². The first-order chi connectivity index (χ1) is 18.2. The van der Waals surface area contributed by atoms with Crippen LogP contribution in [0, 0.1) is 5.92 Å². The molecule has 2 atom stereocenters. The van der Waals surface area contributed by atoms with Gasteiger partial charge in [-0.2, -0.15) is 0 Å². The average Bonchev–Trinajstić information content (AvgIpc) is 3.68. The number of carbonyl (C=O) groups is 2. The Morgan fingerprint density at radius 2 is 1.59 bits per heavy atom. The van der Waals surface area contributed by atoms with Crippen LogP contribution in [-0.2, 0) is 16.1 Å². The Morgan fingerprint density at radius 1 is 0.973 bits per heavy atom. The number of amides is 2. The number of rotatable bonds is 9. The molecule has 3 aromatic rings. The third-order valence-electron chi connectivity index (χ3n) is 7.60. The summed E-state index contributed by atoms with van der Waals surface area (Å²) in [5.41, 5.74) is 2.89. The molecule has 0 aromatic heterocycles. The number of carbonyl (C=O) groups excluding carboxylic acids is 2. The van der Waals surface area contributed by atoms with E-state index in [0.717, 1.165) is 37.9 Å². The first-order valence-corrected chi connectivity index (χ1v) is 13.2. The highest BCUT2D eigenvalue weighted by Crippen LogP contribution is 2.48. The van der Waals surface area contributed by atoms with E-state index in [1.165, 1.54) is 11.1 Å². The van der Waals surface area contributed by atoms with Crippen LogP contribution in [-0.4, -0.2) is 48.6 Å². The molecule has 0 bridgehead atoms. The van der Waals surface area contributed by atoms with E-state index >= 15 is 0 Å². The summed E-state index contributed by atoms with van der Waals surface area (Å²) in [5, 5.41) is 6.41. The predicted octanol–water partition coefficient (Wildman–Crippen LogP) is 4.72. The molecule has 6 heteroatoms. The number of nitrogens with one attached hydrogen (secondary N) is 2. The molecule has 1 aliphatic carbocycles. The van der Waals surface area contributed by atoms with E-state index in [4.69, 9.17) is 4.74 Å². The zero-order valence-electron chi connectivity index (χ0n) is 21.1. The molecule has 0 radical (unpaired) electrons. The van der Waals surface area contributed by atoms with Crippen molar-refractivity contribution in [2.75, 3.05) is 26.2 Å². The Morgan fingerprint density at radius 3 is 2.24 bits per heavy atom. The van der Waals surface area contributed by atoms with E-state index in [-0.39, 0.29) is 24.3 Å². The standard InChI is InChI=1S/C31H35N3O3/c35-29-31(21-27(31)17-19-32-30(36)37-23-24-11-4-1-5-12-24)33-18-10-20-34(29)22-28(25-13-6-2-7-14-25)26-15-8-3-9-16-26/h1-9,11-16,27-28,33H,10,17-23H2,(H,32,36). The highest BCUT2D eigenvalue weighted by Gasteiger charge is 2.61. The summed E-state index contributed by atoms with van der Waals surface area (Å²) >= 11 is 0. The fraction of sp³-hybridized carbons (Fsp3) is 0.355. The molecule has 2 aliphatic rings. The van der Waals surface area contributed by atoms with Crippen LogP contribution in [0.15, 0.2) is 91.0 Å². The lowest BCUT2D eigenvalue weighted by molar-refractivity contribution is -0.134. The first kappa shape index (κ1) is 25.0. The minimum Gasteiger partial charge on any atom is -0.445 e. The molecule has 192 valence electrons. The predicted molar refractivity (Wildman–Crippen MR) is 144 cm³/mol. The summed E-state index contributed by atoms with van der Waals surface area (Å²) in [6.07, 6.45) is 2.06. The molecule has 6 nitrogen and oxygen atoms in total. The summed E-state index contributed by atoms with van der Waals surface area (Å²) in [4.78, 5) is 28.0. The largest absolute Gasteiger partial charge is 0.445 e. The Kier molecular flexibility index (Phi) is 7.85. The van der Waals surface area contributed by atoms with Gasteiger partial charge in [0.15, 0.2) is 0 Å². The van der Waals surface area contributed by atoms with Gasteiger partial charge in [0.2, 0.25) is 5.91 Å². The summed E-state index contributed by atoms with van der Waals surface area (Å²) in [5.74, 6) is 0.528. The molecule has 2 amide bonds. The van der Waals surface area contributed by atoms with Crippen LogP contribution in [0.5, 0.6) is 0 Å². The van der Waals surface area contributed by atoms with Crippen LogP contribution in [0.4, 0.5) is 4.79 Å². The molecule has 1 spiro atoms. The van der Waals surface area contributed by atoms with E-state index < -0.39 is 11.6 Å². The number of nitrogens with zero attached hydrogens (tertiary/aromatic N) is 1. The van der Waals surface area contributed by atoms with Gasteiger partial charge in [0.05, 0.1) is 0 Å². The zero-order valence-corrected chi connectivity index (χ0v) is 21.1. The minimum absolute atomic E-state index is 0.125. The molecule has 2 N–H and O–H groups in total. The maximum absolute atomic E-state index is 13.8. The maximum atomic E-state index is 13.8. The van der Waals surface area contributed by atoms with Gasteiger partial charge in [-0.05, 0) is 48.4 Å². The van der Waals surface area contributed by atoms with Gasteiger partial charge in [-0.15, -0.1) is 0 Å². The van der Waals surface area contributed by atoms with E-state index in [9.17, 15) is 9.59 Å². The highest BCUT2D eigenvalue weighted by molar-refractivity contribution is 5.90. The minimum atomic E-state index is -0.510. The second kappa shape index (κ2) is 11.6. The summed E-state index contributed by atoms with van der Waals surface area (Å²) in [7, 11) is 0. The van der Waals surface area contributed by atoms with Gasteiger partial charge in [0.1, 0.15) is 12.1 Å². The number of hydrogen-bond donors (Lipinski definition) is 2. The van der Waals surface area contributed by atoms with Crippen molar-refractivity contribution in [3.05, 3.63) is 108 Å². The first-order valence-electron chi connectivity index (χ1n) is 13.2. The fourth-order valence-corrected chi connectivity index (χ4v) is 5.49. The molecule has 2 unspecified atom stereocenters. The van der Waals surface area contributed by atoms with Gasteiger partial charge in [-0.25, -0.2) is 4.79 Å². The van der Waals surface area contributed by atoms with Gasteiger partial charge < -0.3 is 20.3 Å². The third-order valence-corrected chi connectivity index (χ3v) is 7.60. The van der Waals surface area contributed by atoms with Gasteiger partial charge in [0.25, 0.3) is 0 Å². The second-order valence-electron chi connectivity index (χ2n) is 10.1. The third kappa shape index (κ3) is 6.03. The molecule has 37 heavy (non-hydrogen) atoms. The fourth-order valence-electron chi connectivity index (χ4n) is 5.49. The maximum Gasteiger partial charge on any atom is 0.407 e. The van der Waals surface area contributed by atoms with Crippen LogP contribution in [0.1, 0.15) is 41.9 Å². The topological polar surface area (TPSA) is 70.7 Å². The van der Waals surface area contributed by atoms with E-state index in [1.807, 2.05) is 42.5 Å². The van der Waals surface area contributed by atoms with Gasteiger partial charge in [0, 0.05) is 25.6 Å². The molecule has 5 rings (SSSR count). The normalized spacial score (nSPS) is 21.1. The SMILES string of the molecule is O=C(NCCC1CC12NCCCN(CC(c1ccccc1)c1ccccc1)C2=O)OCc1ccccc1. The van der Waals surface area contributed by atoms with Crippen molar-refractivity contribution in [3.8, 4) is 0 Å². The van der Waals surface area contributed by atoms with Gasteiger partial charge >= 0.3 is 6.09 Å². The number of ether oxygens (including phenoxy) is 1. The lowest BCUT2D eigenvalue weighted by atomic mass is 9.90. The Bertz CT molecular complexity index is 1130. The summed E-state index contributed by atoms with van der Waals surface area (Å²) < 4.78 is 5.31. The molecule has 1 saturated heterocycles. The van der Waals surface area contributed by atoms with Gasteiger partial charge in [-0.3, -0.25) is 4.79 Å². The van der Waals surface area contributed by atoms with Crippen molar-refractivity contribution in [1.29, 1.82) is 0 Å². The van der Waals surface area contributed by atoms with Crippen molar-refractivity contribution in [2.45, 2.75) is 37.3 Å². The van der Waals surface area contributed by atoms with E-state index in [0.29, 0.717) is 13.1 Å². The molecule has 1 saturated carbocycles. The Hall–Kier alpha value is -3.64. The molecule has 3 aromatic carbocycles. The number of hydrogen-bond acceptors (Lipinski definition) is 4. The van der Waals surface area contributed by atoms with Crippen LogP contribution >= 0.6 is 0 Å². The van der Waals surface area contributed by atoms with Crippen LogP contribution < -0.4 is 10.6 Å². The summed E-state index contributed by atoms with van der Waals surface area (Å²) in [6.45, 7) is 2.98. The summed E-state index contributed by atoms with van der Waals surface area (Å²) in [6, 6.07) is 30.5. The van der Waals surface area contributed by atoms with Gasteiger partial charge in [-0.1, -0.05) is 91.0 Å².